The van der Waals surface area contributed by atoms with E-state index in [1.54, 1.807) is 0 Å². The molecule has 1 heterocycles. The van der Waals surface area contributed by atoms with Crippen molar-refractivity contribution in [1.29, 1.82) is 0 Å². The average molecular weight is 357 g/mol. The van der Waals surface area contributed by atoms with Crippen molar-refractivity contribution < 1.29 is 31.7 Å². The topological polar surface area (TPSA) is 51.2 Å². The monoisotopic (exact) mass is 356 g/mol. The largest absolute Gasteiger partial charge is 1.00 e. The van der Waals surface area contributed by atoms with Gasteiger partial charge in [-0.1, -0.05) is 25.3 Å². The normalized spacial score (nSPS) is 18.5. The fourth-order valence-corrected chi connectivity index (χ4v) is 3.40. The third-order valence-electron chi connectivity index (χ3n) is 4.71. The number of nitrogens with zero attached hydrogens (tertiary/aromatic N) is 1. The zero-order valence-corrected chi connectivity index (χ0v) is 15.0. The zero-order chi connectivity index (χ0) is 16.1. The molecule has 1 aromatic rings. The highest BCUT2D eigenvalue weighted by molar-refractivity contribution is 5.44. The van der Waals surface area contributed by atoms with Crippen LogP contribution >= 0.6 is 0 Å². The van der Waals surface area contributed by atoms with Gasteiger partial charge in [0.2, 0.25) is 6.79 Å². The first-order valence-corrected chi connectivity index (χ1v) is 8.57. The van der Waals surface area contributed by atoms with Gasteiger partial charge in [0.05, 0.1) is 19.3 Å². The van der Waals surface area contributed by atoms with Gasteiger partial charge in [-0.25, -0.2) is 0 Å². The minimum Gasteiger partial charge on any atom is -1.00 e. The lowest BCUT2D eigenvalue weighted by Crippen LogP contribution is -3.00. The van der Waals surface area contributed by atoms with Crippen molar-refractivity contribution in [2.45, 2.75) is 50.9 Å². The molecule has 2 aliphatic rings. The molecule has 6 heteroatoms. The molecule has 0 saturated heterocycles. The van der Waals surface area contributed by atoms with Crippen LogP contribution in [0, 0.1) is 0 Å². The zero-order valence-electron chi connectivity index (χ0n) is 14.2. The van der Waals surface area contributed by atoms with E-state index in [-0.39, 0.29) is 19.2 Å². The molecule has 1 saturated carbocycles. The van der Waals surface area contributed by atoms with Crippen molar-refractivity contribution in [3.05, 3.63) is 23.8 Å². The highest BCUT2D eigenvalue weighted by Gasteiger charge is 2.20. The van der Waals surface area contributed by atoms with E-state index in [0.29, 0.717) is 25.8 Å². The van der Waals surface area contributed by atoms with Crippen LogP contribution in [0.4, 0.5) is 0 Å². The molecule has 3 rings (SSSR count). The van der Waals surface area contributed by atoms with E-state index < -0.39 is 6.10 Å². The summed E-state index contributed by atoms with van der Waals surface area (Å²) in [5, 5.41) is 10.2. The summed E-state index contributed by atoms with van der Waals surface area (Å²) in [5.74, 6) is 1.55. The Balaban J connectivity index is 0.00000208. The summed E-state index contributed by atoms with van der Waals surface area (Å²) < 4.78 is 16.3. The maximum absolute atomic E-state index is 10.2. The quantitative estimate of drug-likeness (QED) is 0.718. The standard InChI is InChI=1S/C18H27NO4.ClH/c1-19(15-5-3-2-4-6-15)10-16(20)12-21-11-14-7-8-17-18(9-14)23-13-22-17;/h7-9,15-16,20H,2-6,10-13H2,1H3;1H/p-1. The van der Waals surface area contributed by atoms with Crippen molar-refractivity contribution in [1.82, 2.24) is 4.90 Å². The van der Waals surface area contributed by atoms with Gasteiger partial charge in [-0.3, -0.25) is 0 Å². The molecule has 5 nitrogen and oxygen atoms in total. The predicted molar refractivity (Wildman–Crippen MR) is 87.7 cm³/mol. The molecule has 24 heavy (non-hydrogen) atoms. The number of benzene rings is 1. The smallest absolute Gasteiger partial charge is 0.231 e. The van der Waals surface area contributed by atoms with Crippen molar-refractivity contribution in [2.75, 3.05) is 27.0 Å². The number of rotatable bonds is 7. The SMILES string of the molecule is CN(CC(O)COCc1ccc2c(c1)OCO2)C1CCCCC1.[Cl-]. The summed E-state index contributed by atoms with van der Waals surface area (Å²) in [6.45, 7) is 1.78. The third kappa shape index (κ3) is 5.24. The summed E-state index contributed by atoms with van der Waals surface area (Å²) >= 11 is 0. The summed E-state index contributed by atoms with van der Waals surface area (Å²) in [7, 11) is 2.11. The Morgan fingerprint density at radius 1 is 1.21 bits per heavy atom. The van der Waals surface area contributed by atoms with Crippen LogP contribution in [0.2, 0.25) is 0 Å². The Morgan fingerprint density at radius 3 is 2.75 bits per heavy atom. The molecular weight excluding hydrogens is 330 g/mol. The first-order chi connectivity index (χ1) is 11.2. The number of aliphatic hydroxyl groups is 1. The summed E-state index contributed by atoms with van der Waals surface area (Å²) in [6.07, 6.45) is 6.03. The molecule has 1 aliphatic heterocycles. The Morgan fingerprint density at radius 2 is 1.96 bits per heavy atom. The molecule has 1 fully saturated rings. The molecule has 1 atom stereocenters. The fourth-order valence-electron chi connectivity index (χ4n) is 3.40. The van der Waals surface area contributed by atoms with Crippen LogP contribution in [0.15, 0.2) is 18.2 Å². The van der Waals surface area contributed by atoms with Crippen molar-refractivity contribution in [2.24, 2.45) is 0 Å². The molecule has 1 aromatic carbocycles. The molecule has 0 amide bonds. The Hall–Kier alpha value is -1.01. The lowest BCUT2D eigenvalue weighted by molar-refractivity contribution is -0.0000156. The first-order valence-electron chi connectivity index (χ1n) is 8.57. The number of hydrogen-bond acceptors (Lipinski definition) is 5. The van der Waals surface area contributed by atoms with Crippen LogP contribution in [0.3, 0.4) is 0 Å². The molecule has 0 bridgehead atoms. The summed E-state index contributed by atoms with van der Waals surface area (Å²) in [5.41, 5.74) is 1.03. The molecule has 0 aromatic heterocycles. The minimum absolute atomic E-state index is 0. The van der Waals surface area contributed by atoms with Crippen molar-refractivity contribution in [3.63, 3.8) is 0 Å². The van der Waals surface area contributed by atoms with Gasteiger partial charge in [0.25, 0.3) is 0 Å². The van der Waals surface area contributed by atoms with E-state index in [1.807, 2.05) is 18.2 Å². The highest BCUT2D eigenvalue weighted by Crippen LogP contribution is 2.32. The molecule has 1 unspecified atom stereocenters. The molecule has 0 spiro atoms. The Bertz CT molecular complexity index is 508. The lowest BCUT2D eigenvalue weighted by Gasteiger charge is -2.32. The summed E-state index contributed by atoms with van der Waals surface area (Å²) in [6, 6.07) is 6.41. The summed E-state index contributed by atoms with van der Waals surface area (Å²) in [4.78, 5) is 2.29. The van der Waals surface area contributed by atoms with Gasteiger partial charge in [0.15, 0.2) is 11.5 Å². The van der Waals surface area contributed by atoms with Crippen LogP contribution < -0.4 is 21.9 Å². The van der Waals surface area contributed by atoms with E-state index in [1.165, 1.54) is 32.1 Å². The minimum atomic E-state index is -0.448. The van der Waals surface area contributed by atoms with Gasteiger partial charge in [-0.05, 0) is 37.6 Å². The van der Waals surface area contributed by atoms with E-state index in [4.69, 9.17) is 14.2 Å². The molecular formula is C18H27ClNO4-. The van der Waals surface area contributed by atoms with Crippen LogP contribution in [-0.2, 0) is 11.3 Å². The second kappa shape index (κ2) is 9.47. The van der Waals surface area contributed by atoms with E-state index in [0.717, 1.165) is 17.1 Å². The maximum Gasteiger partial charge on any atom is 0.231 e. The van der Waals surface area contributed by atoms with Gasteiger partial charge >= 0.3 is 0 Å². The average Bonchev–Trinajstić information content (AvgIpc) is 3.03. The van der Waals surface area contributed by atoms with Crippen LogP contribution in [0.5, 0.6) is 11.5 Å². The highest BCUT2D eigenvalue weighted by atomic mass is 35.5. The number of likely N-dealkylation sites (N-methyl/N-ethyl adjacent to an activating group) is 1. The maximum atomic E-state index is 10.2. The number of halogens is 1. The Kier molecular flexibility index (Phi) is 7.62. The second-order valence-corrected chi connectivity index (χ2v) is 6.59. The van der Waals surface area contributed by atoms with E-state index in [2.05, 4.69) is 11.9 Å². The van der Waals surface area contributed by atoms with Crippen molar-refractivity contribution in [3.8, 4) is 11.5 Å². The van der Waals surface area contributed by atoms with Gasteiger partial charge < -0.3 is 36.6 Å². The number of hydrogen-bond donors (Lipinski definition) is 1. The Labute approximate surface area is 150 Å². The van der Waals surface area contributed by atoms with Gasteiger partial charge in [0, 0.05) is 12.6 Å². The molecule has 136 valence electrons. The van der Waals surface area contributed by atoms with Gasteiger partial charge in [0.1, 0.15) is 0 Å². The second-order valence-electron chi connectivity index (χ2n) is 6.59. The number of fused-ring (bicyclic) bond motifs is 1. The molecule has 1 aliphatic carbocycles. The van der Waals surface area contributed by atoms with Gasteiger partial charge in [-0.15, -0.1) is 0 Å². The van der Waals surface area contributed by atoms with E-state index in [9.17, 15) is 5.11 Å². The number of ether oxygens (including phenoxy) is 3. The van der Waals surface area contributed by atoms with Gasteiger partial charge in [-0.2, -0.15) is 0 Å². The first kappa shape index (κ1) is 19.3. The predicted octanol–water partition coefficient (Wildman–Crippen LogP) is -0.439. The van der Waals surface area contributed by atoms with E-state index >= 15 is 0 Å². The molecule has 0 radical (unpaired) electrons. The molecule has 1 N–H and O–H groups in total. The third-order valence-corrected chi connectivity index (χ3v) is 4.71. The lowest BCUT2D eigenvalue weighted by atomic mass is 9.94. The van der Waals surface area contributed by atoms with Crippen LogP contribution in [0.1, 0.15) is 37.7 Å². The van der Waals surface area contributed by atoms with Crippen molar-refractivity contribution >= 4 is 0 Å². The van der Waals surface area contributed by atoms with Crippen LogP contribution in [-0.4, -0.2) is 49.1 Å². The number of aliphatic hydroxyl groups excluding tert-OH is 1. The fraction of sp³-hybridized carbons (Fsp3) is 0.667. The van der Waals surface area contributed by atoms with Crippen LogP contribution in [0.25, 0.3) is 0 Å².